The Balaban J connectivity index is 1.55. The molecule has 5 rings (SSSR count). The number of anilines is 2. The molecule has 3 aromatic rings. The smallest absolute Gasteiger partial charge is 0.251 e. The summed E-state index contributed by atoms with van der Waals surface area (Å²) < 4.78 is 6.22. The number of nitrogens with zero attached hydrogens (tertiary/aromatic N) is 2. The number of hydrogen-bond donors (Lipinski definition) is 2. The van der Waals surface area contributed by atoms with Gasteiger partial charge in [-0.15, -0.1) is 0 Å². The first-order chi connectivity index (χ1) is 15.9. The van der Waals surface area contributed by atoms with Gasteiger partial charge in [-0.1, -0.05) is 12.1 Å². The maximum absolute atomic E-state index is 12.1. The number of aromatic nitrogens is 1. The molecule has 0 unspecified atom stereocenters. The van der Waals surface area contributed by atoms with E-state index >= 15 is 0 Å². The van der Waals surface area contributed by atoms with Gasteiger partial charge in [0.15, 0.2) is 0 Å². The summed E-state index contributed by atoms with van der Waals surface area (Å²) in [5.74, 6) is 1.29. The van der Waals surface area contributed by atoms with E-state index in [-0.39, 0.29) is 12.0 Å². The molecule has 2 aliphatic rings. The summed E-state index contributed by atoms with van der Waals surface area (Å²) in [5, 5.41) is 2.89. The molecule has 1 aliphatic heterocycles. The molecule has 1 saturated carbocycles. The first-order valence-corrected chi connectivity index (χ1v) is 11.6. The predicted molar refractivity (Wildman–Crippen MR) is 133 cm³/mol. The molecule has 0 saturated heterocycles. The van der Waals surface area contributed by atoms with Gasteiger partial charge in [-0.05, 0) is 68.5 Å². The molecule has 1 aromatic heterocycles. The van der Waals surface area contributed by atoms with Gasteiger partial charge >= 0.3 is 0 Å². The standard InChI is InChI=1S/C27H30N4O2/c1-16(2)33-25-14-21(31(3)20-5-6-20)7-9-22(25)19-13-24(26(28)30-15-19)17-4-8-23-18(12-17)10-11-29-27(23)32/h4,7-9,12-16,20H,5-6,10-11H2,1-3H3,(H2,28,30)(H,29,32). The number of rotatable bonds is 6. The number of nitrogen functional groups attached to an aromatic ring is 1. The van der Waals surface area contributed by atoms with Crippen LogP contribution in [-0.2, 0) is 6.42 Å². The molecule has 1 fully saturated rings. The number of pyridine rings is 1. The molecule has 1 amide bonds. The summed E-state index contributed by atoms with van der Waals surface area (Å²) in [7, 11) is 2.14. The first-order valence-electron chi connectivity index (χ1n) is 11.6. The van der Waals surface area contributed by atoms with Crippen LogP contribution in [-0.4, -0.2) is 36.6 Å². The van der Waals surface area contributed by atoms with Gasteiger partial charge < -0.3 is 20.7 Å². The molecule has 6 heteroatoms. The SMILES string of the molecule is CC(C)Oc1cc(N(C)C2CC2)ccc1-c1cnc(N)c(-c2ccc3c(c2)CCNC3=O)c1. The third kappa shape index (κ3) is 4.25. The van der Waals surface area contributed by atoms with Crippen LogP contribution in [0.4, 0.5) is 11.5 Å². The van der Waals surface area contributed by atoms with Crippen molar-refractivity contribution in [3.8, 4) is 28.0 Å². The fourth-order valence-electron chi connectivity index (χ4n) is 4.44. The Bertz CT molecular complexity index is 1220. The van der Waals surface area contributed by atoms with Crippen LogP contribution in [0.15, 0.2) is 48.7 Å². The minimum atomic E-state index is -0.0191. The molecule has 3 N–H and O–H groups in total. The van der Waals surface area contributed by atoms with Crippen molar-refractivity contribution >= 4 is 17.4 Å². The third-order valence-electron chi connectivity index (χ3n) is 6.40. The van der Waals surface area contributed by atoms with E-state index in [1.807, 2.05) is 26.0 Å². The summed E-state index contributed by atoms with van der Waals surface area (Å²) >= 11 is 0. The lowest BCUT2D eigenvalue weighted by atomic mass is 9.94. The fourth-order valence-corrected chi connectivity index (χ4v) is 4.44. The predicted octanol–water partition coefficient (Wildman–Crippen LogP) is 4.67. The maximum Gasteiger partial charge on any atom is 0.251 e. The quantitative estimate of drug-likeness (QED) is 0.580. The third-order valence-corrected chi connectivity index (χ3v) is 6.40. The van der Waals surface area contributed by atoms with Crippen LogP contribution in [0.25, 0.3) is 22.3 Å². The molecule has 0 bridgehead atoms. The van der Waals surface area contributed by atoms with E-state index in [4.69, 9.17) is 10.5 Å². The van der Waals surface area contributed by atoms with Crippen LogP contribution in [0.1, 0.15) is 42.6 Å². The van der Waals surface area contributed by atoms with Crippen LogP contribution in [0.3, 0.4) is 0 Å². The van der Waals surface area contributed by atoms with E-state index in [1.54, 1.807) is 6.20 Å². The number of benzene rings is 2. The van der Waals surface area contributed by atoms with E-state index in [2.05, 4.69) is 52.6 Å². The highest BCUT2D eigenvalue weighted by Gasteiger charge is 2.27. The van der Waals surface area contributed by atoms with Gasteiger partial charge in [-0.3, -0.25) is 4.79 Å². The Morgan fingerprint density at radius 1 is 1.06 bits per heavy atom. The molecule has 2 aromatic carbocycles. The number of fused-ring (bicyclic) bond motifs is 1. The van der Waals surface area contributed by atoms with Gasteiger partial charge in [-0.25, -0.2) is 4.98 Å². The number of nitrogens with one attached hydrogen (secondary N) is 1. The topological polar surface area (TPSA) is 80.5 Å². The lowest BCUT2D eigenvalue weighted by Gasteiger charge is -2.22. The second-order valence-corrected chi connectivity index (χ2v) is 9.22. The normalized spacial score (nSPS) is 15.2. The Morgan fingerprint density at radius 3 is 2.61 bits per heavy atom. The fraction of sp³-hybridized carbons (Fsp3) is 0.333. The van der Waals surface area contributed by atoms with E-state index in [1.165, 1.54) is 12.8 Å². The maximum atomic E-state index is 12.1. The highest BCUT2D eigenvalue weighted by atomic mass is 16.5. The largest absolute Gasteiger partial charge is 0.490 e. The number of hydrogen-bond acceptors (Lipinski definition) is 5. The molecule has 0 spiro atoms. The number of amides is 1. The highest BCUT2D eigenvalue weighted by Crippen LogP contribution is 2.39. The van der Waals surface area contributed by atoms with Gasteiger partial charge in [0, 0.05) is 59.8 Å². The number of nitrogens with two attached hydrogens (primary N) is 1. The van der Waals surface area contributed by atoms with E-state index in [9.17, 15) is 4.79 Å². The summed E-state index contributed by atoms with van der Waals surface area (Å²) in [6, 6.07) is 15.0. The Morgan fingerprint density at radius 2 is 1.85 bits per heavy atom. The first kappa shape index (κ1) is 21.3. The van der Waals surface area contributed by atoms with Crippen molar-refractivity contribution in [1.82, 2.24) is 10.3 Å². The number of ether oxygens (including phenoxy) is 1. The van der Waals surface area contributed by atoms with Crippen molar-refractivity contribution in [1.29, 1.82) is 0 Å². The van der Waals surface area contributed by atoms with Gasteiger partial charge in [0.05, 0.1) is 6.10 Å². The van der Waals surface area contributed by atoms with Crippen LogP contribution in [0, 0.1) is 0 Å². The molecule has 1 aliphatic carbocycles. The second-order valence-electron chi connectivity index (χ2n) is 9.22. The summed E-state index contributed by atoms with van der Waals surface area (Å²) in [6.45, 7) is 4.73. The lowest BCUT2D eigenvalue weighted by Crippen LogP contribution is -2.31. The minimum Gasteiger partial charge on any atom is -0.490 e. The summed E-state index contributed by atoms with van der Waals surface area (Å²) in [5.41, 5.74) is 13.0. The highest BCUT2D eigenvalue weighted by molar-refractivity contribution is 5.97. The zero-order valence-electron chi connectivity index (χ0n) is 19.4. The van der Waals surface area contributed by atoms with Crippen molar-refractivity contribution in [2.24, 2.45) is 0 Å². The zero-order chi connectivity index (χ0) is 23.1. The molecule has 0 atom stereocenters. The van der Waals surface area contributed by atoms with E-state index in [0.29, 0.717) is 18.4 Å². The molecular weight excluding hydrogens is 412 g/mol. The van der Waals surface area contributed by atoms with Gasteiger partial charge in [0.25, 0.3) is 5.91 Å². The number of carbonyl (C=O) groups is 1. The Kier molecular flexibility index (Phi) is 5.44. The van der Waals surface area contributed by atoms with Crippen molar-refractivity contribution < 1.29 is 9.53 Å². The van der Waals surface area contributed by atoms with Crippen molar-refractivity contribution in [2.45, 2.75) is 45.3 Å². The van der Waals surface area contributed by atoms with Crippen molar-refractivity contribution in [3.05, 3.63) is 59.8 Å². The Labute approximate surface area is 194 Å². The zero-order valence-corrected chi connectivity index (χ0v) is 19.4. The molecule has 0 radical (unpaired) electrons. The lowest BCUT2D eigenvalue weighted by molar-refractivity contribution is 0.0946. The Hall–Kier alpha value is -3.54. The monoisotopic (exact) mass is 442 g/mol. The van der Waals surface area contributed by atoms with Crippen LogP contribution in [0.2, 0.25) is 0 Å². The number of carbonyl (C=O) groups excluding carboxylic acids is 1. The van der Waals surface area contributed by atoms with Gasteiger partial charge in [0.2, 0.25) is 0 Å². The van der Waals surface area contributed by atoms with Crippen LogP contribution in [0.5, 0.6) is 5.75 Å². The summed E-state index contributed by atoms with van der Waals surface area (Å²) in [4.78, 5) is 19.0. The molecule has 33 heavy (non-hydrogen) atoms. The molecule has 6 nitrogen and oxygen atoms in total. The summed E-state index contributed by atoms with van der Waals surface area (Å²) in [6.07, 6.45) is 5.15. The minimum absolute atomic E-state index is 0.0191. The van der Waals surface area contributed by atoms with Gasteiger partial charge in [0.1, 0.15) is 11.6 Å². The van der Waals surface area contributed by atoms with Gasteiger partial charge in [-0.2, -0.15) is 0 Å². The van der Waals surface area contributed by atoms with Crippen molar-refractivity contribution in [2.75, 3.05) is 24.2 Å². The average Bonchev–Trinajstić information content (AvgIpc) is 3.64. The second kappa shape index (κ2) is 8.43. The van der Waals surface area contributed by atoms with E-state index in [0.717, 1.165) is 51.2 Å². The van der Waals surface area contributed by atoms with Crippen LogP contribution < -0.4 is 20.7 Å². The molecular formula is C27H30N4O2. The van der Waals surface area contributed by atoms with E-state index < -0.39 is 0 Å². The molecule has 170 valence electrons. The molecule has 2 heterocycles. The van der Waals surface area contributed by atoms with Crippen molar-refractivity contribution in [3.63, 3.8) is 0 Å². The average molecular weight is 443 g/mol. The van der Waals surface area contributed by atoms with Crippen LogP contribution >= 0.6 is 0 Å².